The molecule has 0 amide bonds. The molecule has 0 spiro atoms. The Balaban J connectivity index is 4.29. The highest BCUT2D eigenvalue weighted by atomic mass is 16.7. The average Bonchev–Trinajstić information content (AvgIpc) is 2.99. The molecule has 6 nitrogen and oxygen atoms in total. The summed E-state index contributed by atoms with van der Waals surface area (Å²) >= 11 is 0. The van der Waals surface area contributed by atoms with Crippen LogP contribution < -0.4 is 0 Å². The minimum absolute atomic E-state index is 0.0263. The first kappa shape index (κ1) is 42.4. The lowest BCUT2D eigenvalue weighted by atomic mass is 10.0. The molecule has 0 fully saturated rings. The fraction of sp³-hybridized carbons (Fsp3) is 0.895. The van der Waals surface area contributed by atoms with Crippen LogP contribution in [-0.2, 0) is 19.0 Å². The zero-order chi connectivity index (χ0) is 32.5. The van der Waals surface area contributed by atoms with Crippen molar-refractivity contribution in [1.82, 2.24) is 4.90 Å². The lowest BCUT2D eigenvalue weighted by molar-refractivity contribution is -0.149. The Kier molecular flexibility index (Phi) is 31.7. The van der Waals surface area contributed by atoms with Gasteiger partial charge in [-0.05, 0) is 78.3 Å². The van der Waals surface area contributed by atoms with Crippen LogP contribution >= 0.6 is 0 Å². The number of nitrogens with zero attached hydrogens (tertiary/aromatic N) is 1. The topological polar surface area (TPSA) is 65.1 Å². The van der Waals surface area contributed by atoms with Gasteiger partial charge in [0.05, 0.1) is 6.61 Å². The van der Waals surface area contributed by atoms with Gasteiger partial charge >= 0.3 is 12.1 Å². The molecule has 260 valence electrons. The first-order valence-corrected chi connectivity index (χ1v) is 18.7. The summed E-state index contributed by atoms with van der Waals surface area (Å²) in [7, 11) is 4.05. The summed E-state index contributed by atoms with van der Waals surface area (Å²) in [5, 5.41) is 0. The maximum absolute atomic E-state index is 12.3. The molecular formula is C38H73NO5. The number of unbranched alkanes of at least 4 members (excludes halogenated alkanes) is 15. The molecule has 0 aliphatic rings. The maximum Gasteiger partial charge on any atom is 0.508 e. The van der Waals surface area contributed by atoms with E-state index in [1.165, 1.54) is 89.9 Å². The molecule has 0 radical (unpaired) electrons. The number of carbonyl (C=O) groups excluding carboxylic acids is 2. The number of esters is 1. The average molecular weight is 624 g/mol. The van der Waals surface area contributed by atoms with E-state index in [0.29, 0.717) is 13.0 Å². The third-order valence-electron chi connectivity index (χ3n) is 8.21. The normalized spacial score (nSPS) is 13.0. The van der Waals surface area contributed by atoms with Crippen molar-refractivity contribution in [3.05, 3.63) is 12.2 Å². The van der Waals surface area contributed by atoms with Gasteiger partial charge in [-0.3, -0.25) is 4.79 Å². The molecule has 0 aromatic carbocycles. The number of hydrogen-bond donors (Lipinski definition) is 0. The summed E-state index contributed by atoms with van der Waals surface area (Å²) in [4.78, 5) is 26.4. The van der Waals surface area contributed by atoms with E-state index in [-0.39, 0.29) is 18.2 Å². The monoisotopic (exact) mass is 624 g/mol. The second-order valence-corrected chi connectivity index (χ2v) is 13.0. The van der Waals surface area contributed by atoms with Crippen molar-refractivity contribution in [3.63, 3.8) is 0 Å². The van der Waals surface area contributed by atoms with Crippen LogP contribution in [-0.4, -0.2) is 56.5 Å². The smallest absolute Gasteiger partial charge is 0.462 e. The van der Waals surface area contributed by atoms with Gasteiger partial charge in [-0.1, -0.05) is 116 Å². The Hall–Kier alpha value is -1.56. The van der Waals surface area contributed by atoms with Gasteiger partial charge in [0.15, 0.2) is 0 Å². The highest BCUT2D eigenvalue weighted by Gasteiger charge is 2.16. The summed E-state index contributed by atoms with van der Waals surface area (Å²) in [6.45, 7) is 7.82. The fourth-order valence-electron chi connectivity index (χ4n) is 5.48. The van der Waals surface area contributed by atoms with Crippen molar-refractivity contribution >= 4 is 12.1 Å². The summed E-state index contributed by atoms with van der Waals surface area (Å²) in [5.41, 5.74) is 0. The summed E-state index contributed by atoms with van der Waals surface area (Å²) < 4.78 is 16.9. The van der Waals surface area contributed by atoms with E-state index in [1.807, 2.05) is 21.0 Å². The van der Waals surface area contributed by atoms with E-state index in [0.717, 1.165) is 70.8 Å². The van der Waals surface area contributed by atoms with Gasteiger partial charge in [0.25, 0.3) is 0 Å². The zero-order valence-electron chi connectivity index (χ0n) is 29.9. The Morgan fingerprint density at radius 1 is 0.591 bits per heavy atom. The molecule has 0 aromatic rings. The van der Waals surface area contributed by atoms with E-state index in [2.05, 4.69) is 30.9 Å². The molecule has 1 unspecified atom stereocenters. The van der Waals surface area contributed by atoms with E-state index in [4.69, 9.17) is 14.2 Å². The zero-order valence-corrected chi connectivity index (χ0v) is 29.9. The molecule has 0 aliphatic heterocycles. The van der Waals surface area contributed by atoms with Crippen molar-refractivity contribution in [2.24, 2.45) is 0 Å². The quantitative estimate of drug-likeness (QED) is 0.0422. The summed E-state index contributed by atoms with van der Waals surface area (Å²) in [6, 6.07) is 0. The third kappa shape index (κ3) is 30.5. The SMILES string of the molecule is CCCCCCCCCCC(CCCCCCCC=CC[C@@H](CCCCCC)OC(=O)CCC)OC(=O)OCCCN(C)C. The minimum atomic E-state index is -0.497. The second-order valence-electron chi connectivity index (χ2n) is 13.0. The predicted molar refractivity (Wildman–Crippen MR) is 186 cm³/mol. The Morgan fingerprint density at radius 3 is 1.68 bits per heavy atom. The molecular weight excluding hydrogens is 550 g/mol. The molecule has 0 bridgehead atoms. The van der Waals surface area contributed by atoms with Gasteiger partial charge in [0.1, 0.15) is 12.2 Å². The Bertz CT molecular complexity index is 666. The van der Waals surface area contributed by atoms with Crippen LogP contribution in [0.1, 0.15) is 181 Å². The molecule has 0 saturated heterocycles. The summed E-state index contributed by atoms with van der Waals surface area (Å²) in [5.74, 6) is -0.0521. The Labute approximate surface area is 273 Å². The molecule has 0 rings (SSSR count). The number of ether oxygens (including phenoxy) is 3. The van der Waals surface area contributed by atoms with Crippen LogP contribution in [0.15, 0.2) is 12.2 Å². The number of rotatable bonds is 32. The van der Waals surface area contributed by atoms with Gasteiger partial charge in [0, 0.05) is 19.4 Å². The van der Waals surface area contributed by atoms with Crippen LogP contribution in [0.25, 0.3) is 0 Å². The number of carbonyl (C=O) groups is 2. The van der Waals surface area contributed by atoms with Gasteiger partial charge < -0.3 is 19.1 Å². The fourth-order valence-corrected chi connectivity index (χ4v) is 5.48. The van der Waals surface area contributed by atoms with E-state index in [9.17, 15) is 9.59 Å². The lowest BCUT2D eigenvalue weighted by Crippen LogP contribution is -2.21. The summed E-state index contributed by atoms with van der Waals surface area (Å²) in [6.07, 6.45) is 31.9. The van der Waals surface area contributed by atoms with Gasteiger partial charge in [-0.25, -0.2) is 4.79 Å². The highest BCUT2D eigenvalue weighted by molar-refractivity contribution is 5.69. The van der Waals surface area contributed by atoms with Crippen LogP contribution in [0.2, 0.25) is 0 Å². The van der Waals surface area contributed by atoms with Crippen LogP contribution in [0.4, 0.5) is 4.79 Å². The molecule has 0 aromatic heterocycles. The van der Waals surface area contributed by atoms with Crippen molar-refractivity contribution in [3.8, 4) is 0 Å². The van der Waals surface area contributed by atoms with E-state index >= 15 is 0 Å². The molecule has 0 heterocycles. The van der Waals surface area contributed by atoms with Gasteiger partial charge in [-0.15, -0.1) is 0 Å². The highest BCUT2D eigenvalue weighted by Crippen LogP contribution is 2.18. The second kappa shape index (κ2) is 32.8. The Morgan fingerprint density at radius 2 is 1.11 bits per heavy atom. The van der Waals surface area contributed by atoms with Crippen molar-refractivity contribution in [2.45, 2.75) is 193 Å². The van der Waals surface area contributed by atoms with Crippen molar-refractivity contribution < 1.29 is 23.8 Å². The molecule has 0 aliphatic carbocycles. The van der Waals surface area contributed by atoms with Crippen molar-refractivity contribution in [2.75, 3.05) is 27.2 Å². The largest absolute Gasteiger partial charge is 0.508 e. The standard InChI is InChI=1S/C38H73NO5/c1-6-9-11-13-14-17-21-25-31-36(44-38(41)42-34-27-33-39(4)5)32-26-22-19-16-15-18-20-24-30-35(29-23-12-10-7-2)43-37(40)28-8-3/h20,24,35-36H,6-19,21-23,25-34H2,1-5H3/t35-,36?/m1/s1. The molecule has 0 N–H and O–H groups in total. The van der Waals surface area contributed by atoms with Gasteiger partial charge in [0.2, 0.25) is 0 Å². The lowest BCUT2D eigenvalue weighted by Gasteiger charge is -2.18. The molecule has 0 saturated carbocycles. The minimum Gasteiger partial charge on any atom is -0.462 e. The molecule has 2 atom stereocenters. The van der Waals surface area contributed by atoms with Crippen LogP contribution in [0.5, 0.6) is 0 Å². The number of allylic oxidation sites excluding steroid dienone is 1. The first-order valence-electron chi connectivity index (χ1n) is 18.7. The third-order valence-corrected chi connectivity index (χ3v) is 8.21. The molecule has 6 heteroatoms. The first-order chi connectivity index (χ1) is 21.4. The van der Waals surface area contributed by atoms with E-state index in [1.54, 1.807) is 0 Å². The molecule has 44 heavy (non-hydrogen) atoms. The van der Waals surface area contributed by atoms with Crippen LogP contribution in [0.3, 0.4) is 0 Å². The van der Waals surface area contributed by atoms with Crippen molar-refractivity contribution in [1.29, 1.82) is 0 Å². The van der Waals surface area contributed by atoms with Gasteiger partial charge in [-0.2, -0.15) is 0 Å². The number of hydrogen-bond acceptors (Lipinski definition) is 6. The van der Waals surface area contributed by atoms with Crippen LogP contribution in [0, 0.1) is 0 Å². The maximum atomic E-state index is 12.3. The van der Waals surface area contributed by atoms with E-state index < -0.39 is 6.16 Å². The predicted octanol–water partition coefficient (Wildman–Crippen LogP) is 11.3.